The van der Waals surface area contributed by atoms with Gasteiger partial charge in [-0.1, -0.05) is 38.1 Å². The zero-order valence-electron chi connectivity index (χ0n) is 9.70. The molecular weight excluding hydrogens is 443 g/mol. The minimum absolute atomic E-state index is 0. The topological polar surface area (TPSA) is 42.9 Å². The average molecular weight is 459 g/mol. The molecule has 2 rings (SSSR count). The summed E-state index contributed by atoms with van der Waals surface area (Å²) in [6.45, 7) is 1.92. The molecule has 0 aromatic carbocycles. The molecule has 2 heterocycles. The highest BCUT2D eigenvalue weighted by atomic mass is 79.9. The number of halogens is 4. The molecule has 0 bridgehead atoms. The highest BCUT2D eigenvalue weighted by molar-refractivity contribution is 9.10. The van der Waals surface area contributed by atoms with Crippen LogP contribution in [0.2, 0.25) is 10.0 Å². The molecule has 0 aliphatic carbocycles. The maximum absolute atomic E-state index is 10.2. The van der Waals surface area contributed by atoms with E-state index in [1.165, 1.54) is 6.20 Å². The van der Waals surface area contributed by atoms with Crippen molar-refractivity contribution in [2.75, 3.05) is 0 Å². The molecule has 3 nitrogen and oxygen atoms in total. The first-order valence-electron chi connectivity index (χ1n) is 4.98. The van der Waals surface area contributed by atoms with Gasteiger partial charge in [0.1, 0.15) is 5.69 Å². The molecule has 0 atom stereocenters. The number of aromatic nitrogens is 2. The number of hydrogen-bond donors (Lipinski definition) is 0. The second-order valence-electron chi connectivity index (χ2n) is 3.36. The maximum Gasteiger partial charge on any atom is 0.169 e. The molecule has 7 heteroatoms. The molecule has 2 aromatic heterocycles. The Balaban J connectivity index is 0. The summed E-state index contributed by atoms with van der Waals surface area (Å²) in [5.74, 6) is 0. The Labute approximate surface area is 152 Å². The Morgan fingerprint density at radius 1 is 1.00 bits per heavy atom. The fourth-order valence-electron chi connectivity index (χ4n) is 0.995. The minimum atomic E-state index is 0. The largest absolute Gasteiger partial charge is 0.296 e. The van der Waals surface area contributed by atoms with Gasteiger partial charge in [0.25, 0.3) is 0 Å². The van der Waals surface area contributed by atoms with Gasteiger partial charge in [-0.2, -0.15) is 0 Å². The van der Waals surface area contributed by atoms with E-state index in [2.05, 4.69) is 41.8 Å². The average Bonchev–Trinajstić information content (AvgIpc) is 2.35. The summed E-state index contributed by atoms with van der Waals surface area (Å²) in [5.41, 5.74) is 1.32. The normalized spacial score (nSPS) is 8.62. The first-order chi connectivity index (χ1) is 8.93. The van der Waals surface area contributed by atoms with Gasteiger partial charge in [0.2, 0.25) is 0 Å². The number of carbonyl (C=O) groups excluding carboxylic acids is 1. The number of pyridine rings is 2. The van der Waals surface area contributed by atoms with E-state index in [0.29, 0.717) is 26.5 Å². The quantitative estimate of drug-likeness (QED) is 0.465. The van der Waals surface area contributed by atoms with Gasteiger partial charge in [0.05, 0.1) is 15.7 Å². The summed E-state index contributed by atoms with van der Waals surface area (Å²) in [5, 5.41) is 1.17. The smallest absolute Gasteiger partial charge is 0.169 e. The van der Waals surface area contributed by atoms with Crippen LogP contribution >= 0.6 is 55.1 Å². The van der Waals surface area contributed by atoms with Crippen molar-refractivity contribution in [2.45, 2.75) is 21.8 Å². The molecule has 0 aliphatic heterocycles. The summed E-state index contributed by atoms with van der Waals surface area (Å²) in [6.07, 6.45) is 3.72. The van der Waals surface area contributed by atoms with Crippen LogP contribution in [0.3, 0.4) is 0 Å². The summed E-state index contributed by atoms with van der Waals surface area (Å²) in [6, 6.07) is 3.45. The van der Waals surface area contributed by atoms with E-state index >= 15 is 0 Å². The van der Waals surface area contributed by atoms with Crippen LogP contribution in [-0.4, -0.2) is 16.3 Å². The highest BCUT2D eigenvalue weighted by Gasteiger charge is 1.98. The molecule has 21 heavy (non-hydrogen) atoms. The van der Waals surface area contributed by atoms with Gasteiger partial charge >= 0.3 is 0 Å². The third kappa shape index (κ3) is 7.90. The Hall–Kier alpha value is -0.490. The monoisotopic (exact) mass is 456 g/mol. The Morgan fingerprint density at radius 2 is 1.48 bits per heavy atom. The zero-order valence-corrected chi connectivity index (χ0v) is 14.4. The molecule has 0 spiro atoms. The van der Waals surface area contributed by atoms with E-state index < -0.39 is 0 Å². The van der Waals surface area contributed by atoms with E-state index in [1.54, 1.807) is 12.3 Å². The van der Waals surface area contributed by atoms with Crippen molar-refractivity contribution in [3.05, 3.63) is 54.9 Å². The predicted molar refractivity (Wildman–Crippen MR) is 97.5 cm³/mol. The van der Waals surface area contributed by atoms with Crippen LogP contribution < -0.4 is 0 Å². The van der Waals surface area contributed by atoms with E-state index in [4.69, 9.17) is 23.2 Å². The van der Waals surface area contributed by atoms with Crippen molar-refractivity contribution in [1.82, 2.24) is 9.97 Å². The van der Waals surface area contributed by atoms with Crippen molar-refractivity contribution in [3.63, 3.8) is 0 Å². The van der Waals surface area contributed by atoms with Gasteiger partial charge in [-0.3, -0.25) is 14.8 Å². The first kappa shape index (κ1) is 22.8. The lowest BCUT2D eigenvalue weighted by atomic mass is 10.4. The lowest BCUT2D eigenvalue weighted by Crippen LogP contribution is -1.86. The summed E-state index contributed by atoms with van der Waals surface area (Å²) in [7, 11) is 0. The van der Waals surface area contributed by atoms with Crippen LogP contribution in [-0.2, 0) is 0 Å². The van der Waals surface area contributed by atoms with Crippen LogP contribution in [0.25, 0.3) is 0 Å². The van der Waals surface area contributed by atoms with Crippen molar-refractivity contribution in [2.24, 2.45) is 0 Å². The number of carbonyl (C=O) groups is 1. The van der Waals surface area contributed by atoms with Crippen LogP contribution in [0, 0.1) is 6.92 Å². The molecule has 0 unspecified atom stereocenters. The number of aryl methyl sites for hydroxylation is 1. The molecule has 116 valence electrons. The molecule has 0 saturated heterocycles. The zero-order chi connectivity index (χ0) is 14.4. The Morgan fingerprint density at radius 3 is 1.86 bits per heavy atom. The van der Waals surface area contributed by atoms with Crippen molar-refractivity contribution in [3.8, 4) is 0 Å². The third-order valence-corrected chi connectivity index (χ3v) is 3.79. The molecule has 0 N–H and O–H groups in total. The van der Waals surface area contributed by atoms with Crippen molar-refractivity contribution < 1.29 is 4.79 Å². The maximum atomic E-state index is 10.2. The van der Waals surface area contributed by atoms with Gasteiger partial charge in [0.15, 0.2) is 6.29 Å². The minimum Gasteiger partial charge on any atom is -0.296 e. The highest BCUT2D eigenvalue weighted by Crippen LogP contribution is 2.18. The van der Waals surface area contributed by atoms with Gasteiger partial charge < -0.3 is 0 Å². The molecule has 0 amide bonds. The van der Waals surface area contributed by atoms with Crippen LogP contribution in [0.1, 0.15) is 31.0 Å². The second-order valence-corrected chi connectivity index (χ2v) is 5.94. The molecular formula is C14H16Br2Cl2N2O. The summed E-state index contributed by atoms with van der Waals surface area (Å²) in [4.78, 5) is 18.0. The molecule has 0 saturated carbocycles. The molecule has 0 aliphatic rings. The second kappa shape index (κ2) is 11.1. The van der Waals surface area contributed by atoms with Gasteiger partial charge in [-0.05, 0) is 50.9 Å². The Kier molecular flexibility index (Phi) is 12.1. The van der Waals surface area contributed by atoms with Gasteiger partial charge in [0, 0.05) is 21.3 Å². The van der Waals surface area contributed by atoms with Crippen LogP contribution in [0.4, 0.5) is 0 Å². The van der Waals surface area contributed by atoms with Gasteiger partial charge in [-0.15, -0.1) is 0 Å². The summed E-state index contributed by atoms with van der Waals surface area (Å²) >= 11 is 17.6. The Bertz CT molecular complexity index is 595. The number of aldehydes is 1. The number of nitrogens with zero attached hydrogens (tertiary/aromatic N) is 2. The van der Waals surface area contributed by atoms with Crippen molar-refractivity contribution in [1.29, 1.82) is 0 Å². The van der Waals surface area contributed by atoms with Crippen LogP contribution in [0.15, 0.2) is 33.5 Å². The van der Waals surface area contributed by atoms with E-state index in [-0.39, 0.29) is 14.9 Å². The predicted octanol–water partition coefficient (Wildman–Crippen LogP) is 6.39. The molecule has 0 radical (unpaired) electrons. The SMILES string of the molecule is C.C.Cc1ncc(Cl)cc1Br.O=Cc1ncc(Cl)cc1Br. The van der Waals surface area contributed by atoms with E-state index in [0.717, 1.165) is 10.2 Å². The third-order valence-electron chi connectivity index (χ3n) is 1.94. The van der Waals surface area contributed by atoms with Crippen molar-refractivity contribution >= 4 is 61.3 Å². The fourth-order valence-corrected chi connectivity index (χ4v) is 2.37. The first-order valence-corrected chi connectivity index (χ1v) is 7.32. The van der Waals surface area contributed by atoms with E-state index in [9.17, 15) is 4.79 Å². The molecule has 0 fully saturated rings. The standard InChI is InChI=1S/C6H3BrClNO.C6H5BrClN.2CH4/c7-5-1-4(8)2-9-6(5)3-10;1-4-6(7)2-5(8)3-9-4;;/h1-3H;2-3H,1H3;2*1H4. The number of hydrogen-bond acceptors (Lipinski definition) is 3. The fraction of sp³-hybridized carbons (Fsp3) is 0.214. The van der Waals surface area contributed by atoms with Crippen LogP contribution in [0.5, 0.6) is 0 Å². The lowest BCUT2D eigenvalue weighted by molar-refractivity contribution is 0.111. The summed E-state index contributed by atoms with van der Waals surface area (Å²) < 4.78 is 1.57. The number of rotatable bonds is 1. The van der Waals surface area contributed by atoms with Gasteiger partial charge in [-0.25, -0.2) is 0 Å². The van der Waals surface area contributed by atoms with E-state index in [1.807, 2.05) is 13.0 Å². The molecule has 2 aromatic rings. The lowest BCUT2D eigenvalue weighted by Gasteiger charge is -1.94.